The van der Waals surface area contributed by atoms with Gasteiger partial charge in [-0.15, -0.1) is 0 Å². The van der Waals surface area contributed by atoms with E-state index in [1.165, 1.54) is 7.11 Å². The van der Waals surface area contributed by atoms with Crippen molar-refractivity contribution in [2.75, 3.05) is 20.2 Å². The van der Waals surface area contributed by atoms with Crippen molar-refractivity contribution < 1.29 is 9.53 Å². The molecule has 3 rings (SSSR count). The van der Waals surface area contributed by atoms with Crippen molar-refractivity contribution in [2.45, 2.75) is 31.8 Å². The van der Waals surface area contributed by atoms with Gasteiger partial charge in [-0.1, -0.05) is 6.07 Å². The number of methoxy groups -OCH3 is 1. The molecule has 0 amide bonds. The Bertz CT molecular complexity index is 687. The normalized spacial score (nSPS) is 23.7. The summed E-state index contributed by atoms with van der Waals surface area (Å²) in [5.41, 5.74) is 1.16. The van der Waals surface area contributed by atoms with Crippen LogP contribution in [0.3, 0.4) is 0 Å². The Morgan fingerprint density at radius 1 is 1.39 bits per heavy atom. The van der Waals surface area contributed by atoms with Crippen molar-refractivity contribution in [2.24, 2.45) is 5.92 Å². The predicted molar refractivity (Wildman–Crippen MR) is 90.3 cm³/mol. The Morgan fingerprint density at radius 3 is 2.91 bits per heavy atom. The lowest BCUT2D eigenvalue weighted by Gasteiger charge is -2.43. The molecular formula is C16H21N3O3S. The van der Waals surface area contributed by atoms with Crippen LogP contribution in [-0.2, 0) is 16.1 Å². The quantitative estimate of drug-likeness (QED) is 0.634. The summed E-state index contributed by atoms with van der Waals surface area (Å²) in [6, 6.07) is 5.00. The minimum absolute atomic E-state index is 0.0747. The molecule has 2 aliphatic rings. The lowest BCUT2D eigenvalue weighted by Crippen LogP contribution is -2.54. The Balaban J connectivity index is 1.74. The van der Waals surface area contributed by atoms with E-state index < -0.39 is 6.04 Å². The molecule has 0 aliphatic carbocycles. The zero-order chi connectivity index (χ0) is 16.6. The van der Waals surface area contributed by atoms with Crippen LogP contribution in [0.5, 0.6) is 0 Å². The van der Waals surface area contributed by atoms with Crippen LogP contribution in [0.15, 0.2) is 23.0 Å². The van der Waals surface area contributed by atoms with E-state index >= 15 is 0 Å². The van der Waals surface area contributed by atoms with Crippen molar-refractivity contribution in [1.29, 1.82) is 0 Å². The van der Waals surface area contributed by atoms with E-state index in [0.717, 1.165) is 31.7 Å². The monoisotopic (exact) mass is 335 g/mol. The molecule has 0 aromatic carbocycles. The number of fused-ring (bicyclic) bond motifs is 4. The maximum absolute atomic E-state index is 12.0. The van der Waals surface area contributed by atoms with Gasteiger partial charge in [0.15, 0.2) is 5.11 Å². The van der Waals surface area contributed by atoms with Crippen LogP contribution >= 0.6 is 12.2 Å². The topological polar surface area (TPSA) is 63.6 Å². The van der Waals surface area contributed by atoms with Gasteiger partial charge >= 0.3 is 5.97 Å². The van der Waals surface area contributed by atoms with Gasteiger partial charge in [-0.2, -0.15) is 0 Å². The number of hydrogen-bond donors (Lipinski definition) is 1. The van der Waals surface area contributed by atoms with Crippen LogP contribution in [0.25, 0.3) is 0 Å². The number of carbonyl (C=O) groups excluding carboxylic acids is 1. The lowest BCUT2D eigenvalue weighted by molar-refractivity contribution is -0.142. The van der Waals surface area contributed by atoms with Crippen LogP contribution in [0, 0.1) is 5.92 Å². The third-order valence-corrected chi connectivity index (χ3v) is 5.04. The van der Waals surface area contributed by atoms with Crippen molar-refractivity contribution >= 4 is 23.3 Å². The number of aromatic nitrogens is 1. The molecule has 0 radical (unpaired) electrons. The SMILES string of the molecule is COC(=O)C(C)NC(=S)N1C[C@@H]2C[C@@H](C1)c1cccc(=O)n1C2. The van der Waals surface area contributed by atoms with Gasteiger partial charge in [0.1, 0.15) is 6.04 Å². The van der Waals surface area contributed by atoms with Gasteiger partial charge in [0.05, 0.1) is 7.11 Å². The van der Waals surface area contributed by atoms with Crippen LogP contribution < -0.4 is 10.9 Å². The van der Waals surface area contributed by atoms with E-state index in [4.69, 9.17) is 17.0 Å². The number of thiocarbonyl (C=S) groups is 1. The Labute approximate surface area is 140 Å². The molecule has 7 heteroatoms. The summed E-state index contributed by atoms with van der Waals surface area (Å²) >= 11 is 5.46. The average molecular weight is 335 g/mol. The number of nitrogens with zero attached hydrogens (tertiary/aromatic N) is 2. The van der Waals surface area contributed by atoms with Crippen molar-refractivity contribution in [1.82, 2.24) is 14.8 Å². The summed E-state index contributed by atoms with van der Waals surface area (Å²) in [5, 5.41) is 3.61. The summed E-state index contributed by atoms with van der Waals surface area (Å²) in [6.07, 6.45) is 1.08. The zero-order valence-corrected chi connectivity index (χ0v) is 14.1. The minimum Gasteiger partial charge on any atom is -0.467 e. The molecule has 1 saturated heterocycles. The number of pyridine rings is 1. The van der Waals surface area contributed by atoms with E-state index in [0.29, 0.717) is 16.9 Å². The number of esters is 1. The Kier molecular flexibility index (Phi) is 4.39. The summed E-state index contributed by atoms with van der Waals surface area (Å²) < 4.78 is 6.61. The number of hydrogen-bond acceptors (Lipinski definition) is 4. The summed E-state index contributed by atoms with van der Waals surface area (Å²) in [7, 11) is 1.36. The molecule has 6 nitrogen and oxygen atoms in total. The molecule has 0 saturated carbocycles. The summed E-state index contributed by atoms with van der Waals surface area (Å²) in [6.45, 7) is 4.03. The Hall–Kier alpha value is -1.89. The van der Waals surface area contributed by atoms with Crippen LogP contribution in [-0.4, -0.2) is 46.8 Å². The van der Waals surface area contributed by atoms with E-state index in [1.54, 1.807) is 13.0 Å². The van der Waals surface area contributed by atoms with Crippen molar-refractivity contribution in [3.05, 3.63) is 34.2 Å². The molecule has 2 bridgehead atoms. The molecular weight excluding hydrogens is 314 g/mol. The minimum atomic E-state index is -0.468. The number of piperidine rings is 1. The van der Waals surface area contributed by atoms with E-state index in [9.17, 15) is 9.59 Å². The third-order valence-electron chi connectivity index (χ3n) is 4.66. The van der Waals surface area contributed by atoms with Gasteiger partial charge < -0.3 is 19.5 Å². The fourth-order valence-electron chi connectivity index (χ4n) is 3.57. The molecule has 23 heavy (non-hydrogen) atoms. The maximum atomic E-state index is 12.0. The zero-order valence-electron chi connectivity index (χ0n) is 13.3. The second-order valence-corrected chi connectivity index (χ2v) is 6.68. The average Bonchev–Trinajstić information content (AvgIpc) is 2.54. The third kappa shape index (κ3) is 3.10. The van der Waals surface area contributed by atoms with Gasteiger partial charge in [0.25, 0.3) is 5.56 Å². The standard InChI is InChI=1S/C16H21N3O3S/c1-10(15(21)22-2)17-16(23)18-7-11-6-12(9-18)13-4-3-5-14(20)19(13)8-11/h3-5,10-12H,6-9H2,1-2H3,(H,17,23)/t10?,11-,12-/m0/s1. The maximum Gasteiger partial charge on any atom is 0.328 e. The molecule has 3 atom stereocenters. The number of likely N-dealkylation sites (tertiary alicyclic amines) is 1. The highest BCUT2D eigenvalue weighted by Gasteiger charge is 2.35. The van der Waals surface area contributed by atoms with E-state index in [2.05, 4.69) is 10.2 Å². The summed E-state index contributed by atoms with van der Waals surface area (Å²) in [4.78, 5) is 25.7. The first-order valence-electron chi connectivity index (χ1n) is 7.82. The second-order valence-electron chi connectivity index (χ2n) is 6.30. The van der Waals surface area contributed by atoms with Gasteiger partial charge in [-0.05, 0) is 37.5 Å². The highest BCUT2D eigenvalue weighted by atomic mass is 32.1. The largest absolute Gasteiger partial charge is 0.467 e. The lowest BCUT2D eigenvalue weighted by atomic mass is 9.83. The predicted octanol–water partition coefficient (Wildman–Crippen LogP) is 0.703. The molecule has 1 aromatic heterocycles. The van der Waals surface area contributed by atoms with Crippen molar-refractivity contribution in [3.8, 4) is 0 Å². The molecule has 2 aliphatic heterocycles. The smallest absolute Gasteiger partial charge is 0.328 e. The number of nitrogens with one attached hydrogen (secondary N) is 1. The highest BCUT2D eigenvalue weighted by Crippen LogP contribution is 2.34. The number of carbonyl (C=O) groups is 1. The molecule has 1 N–H and O–H groups in total. The van der Waals surface area contributed by atoms with Crippen LogP contribution in [0.1, 0.15) is 25.0 Å². The molecule has 0 spiro atoms. The molecule has 1 unspecified atom stereocenters. The molecule has 1 aromatic rings. The molecule has 124 valence electrons. The summed E-state index contributed by atoms with van der Waals surface area (Å²) in [5.74, 6) is 0.362. The second kappa shape index (κ2) is 6.31. The Morgan fingerprint density at radius 2 is 2.17 bits per heavy atom. The van der Waals surface area contributed by atoms with Crippen LogP contribution in [0.2, 0.25) is 0 Å². The highest BCUT2D eigenvalue weighted by molar-refractivity contribution is 7.80. The fraction of sp³-hybridized carbons (Fsp3) is 0.562. The van der Waals surface area contributed by atoms with Gasteiger partial charge in [0.2, 0.25) is 0 Å². The van der Waals surface area contributed by atoms with Crippen molar-refractivity contribution in [3.63, 3.8) is 0 Å². The first-order chi connectivity index (χ1) is 11.0. The molecule has 1 fully saturated rings. The number of ether oxygens (including phenoxy) is 1. The molecule has 3 heterocycles. The van der Waals surface area contributed by atoms with Gasteiger partial charge in [-0.3, -0.25) is 4.79 Å². The first-order valence-corrected chi connectivity index (χ1v) is 8.23. The van der Waals surface area contributed by atoms with Gasteiger partial charge in [0, 0.05) is 37.3 Å². The first kappa shape index (κ1) is 16.0. The van der Waals surface area contributed by atoms with Crippen LogP contribution in [0.4, 0.5) is 0 Å². The van der Waals surface area contributed by atoms with Gasteiger partial charge in [-0.25, -0.2) is 4.79 Å². The fourth-order valence-corrected chi connectivity index (χ4v) is 3.90. The number of rotatable bonds is 2. The van der Waals surface area contributed by atoms with E-state index in [-0.39, 0.29) is 11.5 Å². The van der Waals surface area contributed by atoms with E-state index in [1.807, 2.05) is 16.7 Å².